The van der Waals surface area contributed by atoms with Gasteiger partial charge in [-0.05, 0) is 79.6 Å². The van der Waals surface area contributed by atoms with Crippen molar-refractivity contribution in [3.63, 3.8) is 0 Å². The topological polar surface area (TPSA) is 109 Å². The molecule has 0 aliphatic heterocycles. The predicted molar refractivity (Wildman–Crippen MR) is 162 cm³/mol. The fourth-order valence-corrected chi connectivity index (χ4v) is 5.52. The average Bonchev–Trinajstić information content (AvgIpc) is 3.34. The van der Waals surface area contributed by atoms with Crippen LogP contribution in [-0.4, -0.2) is 35.9 Å². The number of nitrogens with zero attached hydrogens (tertiary/aromatic N) is 4. The second-order valence-corrected chi connectivity index (χ2v) is 11.5. The van der Waals surface area contributed by atoms with Crippen molar-refractivity contribution >= 4 is 33.1 Å². The van der Waals surface area contributed by atoms with E-state index in [2.05, 4.69) is 78.4 Å². The third kappa shape index (κ3) is 4.97. The van der Waals surface area contributed by atoms with Gasteiger partial charge in [0.05, 0.1) is 44.5 Å². The Balaban J connectivity index is 1.11. The van der Waals surface area contributed by atoms with E-state index in [0.717, 1.165) is 99.4 Å². The summed E-state index contributed by atoms with van der Waals surface area (Å²) >= 11 is 0. The molecule has 4 aromatic heterocycles. The summed E-state index contributed by atoms with van der Waals surface area (Å²) in [5, 5.41) is 0. The molecule has 0 radical (unpaired) electrons. The number of benzene rings is 2. The van der Waals surface area contributed by atoms with Crippen LogP contribution in [0.1, 0.15) is 51.2 Å². The highest BCUT2D eigenvalue weighted by Gasteiger charge is 2.32. The van der Waals surface area contributed by atoms with E-state index in [4.69, 9.17) is 25.7 Å². The lowest BCUT2D eigenvalue weighted by molar-refractivity contribution is 0.511. The lowest BCUT2D eigenvalue weighted by Gasteiger charge is -2.06. The fraction of sp³-hybridized carbons (Fsp3) is 0.333. The van der Waals surface area contributed by atoms with Crippen molar-refractivity contribution < 1.29 is 0 Å². The first-order chi connectivity index (χ1) is 19.5. The molecular formula is C33H35N7. The number of aryl methyl sites for hydroxylation is 2. The molecule has 2 aromatic carbocycles. The normalized spacial score (nSPS) is 17.7. The number of imidazole rings is 2. The molecule has 0 spiro atoms. The Kier molecular flexibility index (Phi) is 6.31. The van der Waals surface area contributed by atoms with E-state index in [0.29, 0.717) is 17.9 Å². The number of nitrogens with two attached hydrogens (primary N) is 1. The Morgan fingerprint density at radius 2 is 1.27 bits per heavy atom. The Morgan fingerprint density at radius 1 is 0.750 bits per heavy atom. The zero-order valence-electron chi connectivity index (χ0n) is 23.1. The largest absolute Gasteiger partial charge is 0.342 e. The molecule has 1 fully saturated rings. The van der Waals surface area contributed by atoms with Crippen LogP contribution in [0.3, 0.4) is 0 Å². The molecular weight excluding hydrogens is 494 g/mol. The Bertz CT molecular complexity index is 1710. The van der Waals surface area contributed by atoms with Gasteiger partial charge in [-0.1, -0.05) is 32.4 Å². The van der Waals surface area contributed by atoms with Gasteiger partial charge in [0.15, 0.2) is 0 Å². The smallest absolute Gasteiger partial charge is 0.107 e. The Morgan fingerprint density at radius 3 is 1.80 bits per heavy atom. The molecule has 202 valence electrons. The molecule has 1 aliphatic carbocycles. The van der Waals surface area contributed by atoms with Crippen molar-refractivity contribution in [3.8, 4) is 22.5 Å². The van der Waals surface area contributed by atoms with Gasteiger partial charge in [0.1, 0.15) is 11.6 Å². The van der Waals surface area contributed by atoms with E-state index in [9.17, 15) is 0 Å². The van der Waals surface area contributed by atoms with Crippen molar-refractivity contribution in [2.75, 3.05) is 0 Å². The van der Waals surface area contributed by atoms with Gasteiger partial charge in [-0.25, -0.2) is 19.9 Å². The summed E-state index contributed by atoms with van der Waals surface area (Å²) in [4.78, 5) is 26.4. The van der Waals surface area contributed by atoms with Gasteiger partial charge >= 0.3 is 0 Å². The van der Waals surface area contributed by atoms with E-state index in [1.54, 1.807) is 0 Å². The minimum Gasteiger partial charge on any atom is -0.342 e. The second-order valence-electron chi connectivity index (χ2n) is 11.5. The van der Waals surface area contributed by atoms with Crippen LogP contribution in [0.4, 0.5) is 0 Å². The summed E-state index contributed by atoms with van der Waals surface area (Å²) in [5.74, 6) is 3.46. The number of H-pyrrole nitrogens is 2. The van der Waals surface area contributed by atoms with E-state index >= 15 is 0 Å². The number of hydrogen-bond acceptors (Lipinski definition) is 5. The van der Waals surface area contributed by atoms with E-state index in [-0.39, 0.29) is 0 Å². The molecule has 2 unspecified atom stereocenters. The molecule has 7 heteroatoms. The lowest BCUT2D eigenvalue weighted by atomic mass is 10.0. The maximum absolute atomic E-state index is 5.96. The number of aromatic amines is 2. The summed E-state index contributed by atoms with van der Waals surface area (Å²) in [7, 11) is 0. The van der Waals surface area contributed by atoms with Crippen molar-refractivity contribution in [1.29, 1.82) is 0 Å². The molecule has 4 heterocycles. The van der Waals surface area contributed by atoms with Crippen LogP contribution >= 0.6 is 0 Å². The van der Waals surface area contributed by atoms with Crippen LogP contribution in [0.25, 0.3) is 55.6 Å². The average molecular weight is 530 g/mol. The third-order valence-electron chi connectivity index (χ3n) is 8.50. The van der Waals surface area contributed by atoms with Crippen LogP contribution in [0.15, 0.2) is 60.7 Å². The third-order valence-corrected chi connectivity index (χ3v) is 8.50. The maximum atomic E-state index is 5.96. The number of fused-ring (bicyclic) bond motifs is 3. The number of aromatic nitrogens is 6. The number of hydrogen-bond donors (Lipinski definition) is 3. The minimum atomic E-state index is 0.387. The summed E-state index contributed by atoms with van der Waals surface area (Å²) in [6.45, 7) is 4.54. The predicted octanol–water partition coefficient (Wildman–Crippen LogP) is 6.97. The monoisotopic (exact) mass is 529 g/mol. The molecule has 7 rings (SSSR count). The van der Waals surface area contributed by atoms with Crippen molar-refractivity contribution in [1.82, 2.24) is 29.9 Å². The van der Waals surface area contributed by atoms with Gasteiger partial charge in [-0.15, -0.1) is 0 Å². The maximum Gasteiger partial charge on any atom is 0.107 e. The first-order valence-electron chi connectivity index (χ1n) is 14.5. The molecule has 7 nitrogen and oxygen atoms in total. The lowest BCUT2D eigenvalue weighted by Crippen LogP contribution is -2.02. The molecule has 40 heavy (non-hydrogen) atoms. The second kappa shape index (κ2) is 10.1. The highest BCUT2D eigenvalue weighted by atomic mass is 14.9. The quantitative estimate of drug-likeness (QED) is 0.187. The first-order valence-corrected chi connectivity index (χ1v) is 14.5. The Labute approximate surface area is 233 Å². The Hall–Kier alpha value is -4.10. The zero-order valence-corrected chi connectivity index (χ0v) is 23.1. The van der Waals surface area contributed by atoms with Crippen molar-refractivity contribution in [2.45, 2.75) is 58.4 Å². The molecule has 0 amide bonds. The zero-order chi connectivity index (χ0) is 27.2. The van der Waals surface area contributed by atoms with Gasteiger partial charge in [0.25, 0.3) is 0 Å². The highest BCUT2D eigenvalue weighted by Crippen LogP contribution is 2.33. The van der Waals surface area contributed by atoms with Gasteiger partial charge < -0.3 is 15.7 Å². The minimum absolute atomic E-state index is 0.387. The molecule has 1 saturated carbocycles. The summed E-state index contributed by atoms with van der Waals surface area (Å²) in [5.41, 5.74) is 15.8. The van der Waals surface area contributed by atoms with Crippen LogP contribution in [0.5, 0.6) is 0 Å². The van der Waals surface area contributed by atoms with Gasteiger partial charge in [-0.2, -0.15) is 0 Å². The highest BCUT2D eigenvalue weighted by molar-refractivity contribution is 5.86. The molecule has 4 N–H and O–H groups in total. The SMILES string of the molecule is CC[C@H](C)CCc1nc2ccc(-c3ccc4nc(-c5ccc6nc(CCC7CC7N)[nH]c6c5)ccc4n3)cc2[nH]1. The molecule has 1 aliphatic rings. The number of nitrogens with one attached hydrogen (secondary N) is 2. The summed E-state index contributed by atoms with van der Waals surface area (Å²) in [6.07, 6.45) is 6.52. The van der Waals surface area contributed by atoms with E-state index in [1.807, 2.05) is 6.07 Å². The summed E-state index contributed by atoms with van der Waals surface area (Å²) < 4.78 is 0. The fourth-order valence-electron chi connectivity index (χ4n) is 5.52. The molecule has 6 aromatic rings. The summed E-state index contributed by atoms with van der Waals surface area (Å²) in [6, 6.07) is 21.2. The van der Waals surface area contributed by atoms with Crippen LogP contribution < -0.4 is 5.73 Å². The molecule has 0 saturated heterocycles. The first kappa shape index (κ1) is 24.9. The van der Waals surface area contributed by atoms with Gasteiger partial charge in [0.2, 0.25) is 0 Å². The van der Waals surface area contributed by atoms with E-state index in [1.165, 1.54) is 6.42 Å². The van der Waals surface area contributed by atoms with Gasteiger partial charge in [0, 0.05) is 30.0 Å². The van der Waals surface area contributed by atoms with Crippen LogP contribution in [0.2, 0.25) is 0 Å². The van der Waals surface area contributed by atoms with Crippen molar-refractivity contribution in [3.05, 3.63) is 72.3 Å². The van der Waals surface area contributed by atoms with E-state index < -0.39 is 0 Å². The van der Waals surface area contributed by atoms with Gasteiger partial charge in [-0.3, -0.25) is 0 Å². The standard InChI is InChI=1S/C33H35N7/c1-3-19(2)4-14-32-37-28-8-5-21(17-30(28)39-32)24-10-12-27-26(35-24)13-11-25(36-27)22-6-9-29-31(18-22)40-33(38-29)15-7-20-16-23(20)34/h5-6,8-13,17-20,23H,3-4,7,14-16,34H2,1-2H3,(H,37,39)(H,38,40)/t19-,20?,23?/m0/s1. The van der Waals surface area contributed by atoms with Crippen LogP contribution in [0, 0.1) is 11.8 Å². The van der Waals surface area contributed by atoms with Crippen molar-refractivity contribution in [2.24, 2.45) is 17.6 Å². The molecule has 0 bridgehead atoms. The molecule has 3 atom stereocenters. The number of rotatable bonds is 9. The van der Waals surface area contributed by atoms with Crippen LogP contribution in [-0.2, 0) is 12.8 Å². The number of pyridine rings is 2.